The minimum atomic E-state index is -0.214. The number of aliphatic hydroxyl groups is 1. The molecule has 10 heavy (non-hydrogen) atoms. The van der Waals surface area contributed by atoms with Crippen LogP contribution in [0.2, 0.25) is 0 Å². The predicted molar refractivity (Wildman–Crippen MR) is 40.2 cm³/mol. The second-order valence-electron chi connectivity index (χ2n) is 2.83. The van der Waals surface area contributed by atoms with E-state index in [4.69, 9.17) is 5.41 Å². The molecular weight excluding hydrogens is 128 g/mol. The van der Waals surface area contributed by atoms with Crippen molar-refractivity contribution in [3.05, 3.63) is 0 Å². The maximum atomic E-state index is 9.19. The lowest BCUT2D eigenvalue weighted by Crippen LogP contribution is -2.40. The molecule has 0 amide bonds. The molecule has 0 aromatic carbocycles. The van der Waals surface area contributed by atoms with Crippen LogP contribution in [-0.4, -0.2) is 35.0 Å². The molecule has 0 aliphatic carbocycles. The van der Waals surface area contributed by atoms with Crippen LogP contribution in [0.1, 0.15) is 19.8 Å². The summed E-state index contributed by atoms with van der Waals surface area (Å²) in [6, 6.07) is 0. The summed E-state index contributed by atoms with van der Waals surface area (Å²) in [6.07, 6.45) is 1.69. The first-order valence-electron chi connectivity index (χ1n) is 3.68. The molecule has 1 aliphatic rings. The van der Waals surface area contributed by atoms with E-state index in [-0.39, 0.29) is 6.10 Å². The van der Waals surface area contributed by atoms with Gasteiger partial charge in [-0.25, -0.2) is 0 Å². The third-order valence-corrected chi connectivity index (χ3v) is 1.87. The summed E-state index contributed by atoms with van der Waals surface area (Å²) in [5.74, 6) is 0.568. The molecule has 1 aliphatic heterocycles. The van der Waals surface area contributed by atoms with Crippen molar-refractivity contribution in [3.8, 4) is 0 Å². The lowest BCUT2D eigenvalue weighted by atomic mass is 10.1. The molecule has 58 valence electrons. The van der Waals surface area contributed by atoms with E-state index in [1.54, 1.807) is 6.92 Å². The van der Waals surface area contributed by atoms with Gasteiger partial charge in [0.25, 0.3) is 0 Å². The second-order valence-corrected chi connectivity index (χ2v) is 2.83. The molecule has 3 nitrogen and oxygen atoms in total. The van der Waals surface area contributed by atoms with Gasteiger partial charge in [0.15, 0.2) is 0 Å². The number of aliphatic hydroxyl groups excluding tert-OH is 1. The van der Waals surface area contributed by atoms with Gasteiger partial charge < -0.3 is 10.0 Å². The molecule has 3 heteroatoms. The fourth-order valence-corrected chi connectivity index (χ4v) is 1.26. The van der Waals surface area contributed by atoms with Crippen LogP contribution in [-0.2, 0) is 0 Å². The maximum Gasteiger partial charge on any atom is 0.0926 e. The van der Waals surface area contributed by atoms with Crippen molar-refractivity contribution in [1.82, 2.24) is 4.90 Å². The smallest absolute Gasteiger partial charge is 0.0926 e. The van der Waals surface area contributed by atoms with Crippen LogP contribution in [0.5, 0.6) is 0 Å². The Hall–Kier alpha value is -0.570. The Labute approximate surface area is 61.2 Å². The quantitative estimate of drug-likeness (QED) is 0.381. The highest BCUT2D eigenvalue weighted by molar-refractivity contribution is 5.76. The van der Waals surface area contributed by atoms with Gasteiger partial charge in [0.05, 0.1) is 11.9 Å². The third-order valence-electron chi connectivity index (χ3n) is 1.87. The van der Waals surface area contributed by atoms with E-state index in [1.807, 2.05) is 4.90 Å². The molecule has 2 N–H and O–H groups in total. The van der Waals surface area contributed by atoms with Gasteiger partial charge in [0.2, 0.25) is 0 Å². The van der Waals surface area contributed by atoms with Gasteiger partial charge in [-0.3, -0.25) is 5.41 Å². The van der Waals surface area contributed by atoms with Gasteiger partial charge in [0, 0.05) is 13.1 Å². The van der Waals surface area contributed by atoms with E-state index in [2.05, 4.69) is 0 Å². The SMILES string of the molecule is CC(=N)N1CCCC(O)C1. The van der Waals surface area contributed by atoms with Crippen LogP contribution < -0.4 is 0 Å². The van der Waals surface area contributed by atoms with E-state index in [0.29, 0.717) is 12.4 Å². The first-order valence-corrected chi connectivity index (χ1v) is 3.68. The molecular formula is C7H14N2O. The first-order chi connectivity index (χ1) is 4.70. The number of hydrogen-bond acceptors (Lipinski definition) is 2. The molecule has 1 unspecified atom stereocenters. The maximum absolute atomic E-state index is 9.19. The number of likely N-dealkylation sites (tertiary alicyclic amines) is 1. The molecule has 0 saturated carbocycles. The van der Waals surface area contributed by atoms with E-state index in [0.717, 1.165) is 19.4 Å². The van der Waals surface area contributed by atoms with E-state index >= 15 is 0 Å². The van der Waals surface area contributed by atoms with E-state index in [9.17, 15) is 5.11 Å². The third kappa shape index (κ3) is 1.70. The molecule has 1 saturated heterocycles. The Morgan fingerprint density at radius 3 is 2.80 bits per heavy atom. The van der Waals surface area contributed by atoms with Crippen molar-refractivity contribution in [3.63, 3.8) is 0 Å². The number of nitrogens with zero attached hydrogens (tertiary/aromatic N) is 1. The van der Waals surface area contributed by atoms with Gasteiger partial charge in [-0.15, -0.1) is 0 Å². The van der Waals surface area contributed by atoms with Crippen LogP contribution in [0.25, 0.3) is 0 Å². The number of piperidine rings is 1. The van der Waals surface area contributed by atoms with Crippen molar-refractivity contribution < 1.29 is 5.11 Å². The Balaban J connectivity index is 2.39. The van der Waals surface area contributed by atoms with Gasteiger partial charge in [0.1, 0.15) is 0 Å². The minimum Gasteiger partial charge on any atom is -0.391 e. The van der Waals surface area contributed by atoms with Crippen molar-refractivity contribution in [2.75, 3.05) is 13.1 Å². The number of rotatable bonds is 0. The molecule has 1 heterocycles. The summed E-state index contributed by atoms with van der Waals surface area (Å²) < 4.78 is 0. The standard InChI is InChI=1S/C7H14N2O/c1-6(8)9-4-2-3-7(10)5-9/h7-8,10H,2-5H2,1H3. The number of nitrogens with one attached hydrogen (secondary N) is 1. The minimum absolute atomic E-state index is 0.214. The zero-order valence-electron chi connectivity index (χ0n) is 6.30. The average Bonchev–Trinajstić information content (AvgIpc) is 1.88. The zero-order valence-corrected chi connectivity index (χ0v) is 6.30. The van der Waals surface area contributed by atoms with Crippen LogP contribution in [0.4, 0.5) is 0 Å². The normalized spacial score (nSPS) is 26.6. The van der Waals surface area contributed by atoms with Crippen molar-refractivity contribution >= 4 is 5.84 Å². The lowest BCUT2D eigenvalue weighted by Gasteiger charge is -2.30. The van der Waals surface area contributed by atoms with Crippen LogP contribution in [0, 0.1) is 5.41 Å². The monoisotopic (exact) mass is 142 g/mol. The van der Waals surface area contributed by atoms with Crippen LogP contribution >= 0.6 is 0 Å². The van der Waals surface area contributed by atoms with Gasteiger partial charge in [-0.1, -0.05) is 0 Å². The summed E-state index contributed by atoms with van der Waals surface area (Å²) in [6.45, 7) is 3.35. The second kappa shape index (κ2) is 3.01. The molecule has 0 spiro atoms. The summed E-state index contributed by atoms with van der Waals surface area (Å²) >= 11 is 0. The average molecular weight is 142 g/mol. The predicted octanol–water partition coefficient (Wildman–Crippen LogP) is 0.440. The first kappa shape index (κ1) is 7.54. The van der Waals surface area contributed by atoms with E-state index in [1.165, 1.54) is 0 Å². The Kier molecular flexibility index (Phi) is 2.27. The Bertz CT molecular complexity index is 136. The highest BCUT2D eigenvalue weighted by Crippen LogP contribution is 2.09. The molecule has 1 atom stereocenters. The molecule has 1 fully saturated rings. The largest absolute Gasteiger partial charge is 0.391 e. The fraction of sp³-hybridized carbons (Fsp3) is 0.857. The summed E-state index contributed by atoms with van der Waals surface area (Å²) in [7, 11) is 0. The highest BCUT2D eigenvalue weighted by atomic mass is 16.3. The van der Waals surface area contributed by atoms with Crippen LogP contribution in [0.3, 0.4) is 0 Å². The van der Waals surface area contributed by atoms with Crippen molar-refractivity contribution in [2.45, 2.75) is 25.9 Å². The molecule has 0 aromatic heterocycles. The Morgan fingerprint density at radius 2 is 2.40 bits per heavy atom. The number of hydrogen-bond donors (Lipinski definition) is 2. The highest BCUT2D eigenvalue weighted by Gasteiger charge is 2.16. The lowest BCUT2D eigenvalue weighted by molar-refractivity contribution is 0.102. The van der Waals surface area contributed by atoms with E-state index < -0.39 is 0 Å². The number of amidine groups is 1. The van der Waals surface area contributed by atoms with Crippen molar-refractivity contribution in [1.29, 1.82) is 5.41 Å². The fourth-order valence-electron chi connectivity index (χ4n) is 1.26. The van der Waals surface area contributed by atoms with Gasteiger partial charge in [-0.2, -0.15) is 0 Å². The topological polar surface area (TPSA) is 47.3 Å². The van der Waals surface area contributed by atoms with Crippen LogP contribution in [0.15, 0.2) is 0 Å². The Morgan fingerprint density at radius 1 is 1.70 bits per heavy atom. The molecule has 0 radical (unpaired) electrons. The summed E-state index contributed by atoms with van der Waals surface area (Å²) in [5, 5.41) is 16.5. The molecule has 1 rings (SSSR count). The number of β-amino-alcohol motifs (C(OH)–C–C–N with tert-alkyl or cyclic N) is 1. The molecule has 0 bridgehead atoms. The zero-order chi connectivity index (χ0) is 7.56. The summed E-state index contributed by atoms with van der Waals surface area (Å²) in [5.41, 5.74) is 0. The summed E-state index contributed by atoms with van der Waals surface area (Å²) in [4.78, 5) is 1.91. The van der Waals surface area contributed by atoms with Gasteiger partial charge >= 0.3 is 0 Å². The molecule has 0 aromatic rings. The van der Waals surface area contributed by atoms with Crippen molar-refractivity contribution in [2.24, 2.45) is 0 Å². The van der Waals surface area contributed by atoms with Gasteiger partial charge in [-0.05, 0) is 19.8 Å².